The van der Waals surface area contributed by atoms with Crippen molar-refractivity contribution in [1.29, 1.82) is 0 Å². The average molecular weight is 339 g/mol. The second-order valence-corrected chi connectivity index (χ2v) is 5.80. The SMILES string of the molecule is O=C(CCCBr)NCC1CC(=O)N(c2ccccc2)C1. The summed E-state index contributed by atoms with van der Waals surface area (Å²) in [5, 5.41) is 3.75. The normalized spacial score (nSPS) is 18.4. The third kappa shape index (κ3) is 4.07. The van der Waals surface area contributed by atoms with Crippen molar-refractivity contribution in [2.24, 2.45) is 5.92 Å². The standard InChI is InChI=1S/C15H19BrN2O2/c16-8-4-7-14(19)17-10-12-9-15(20)18(11-12)13-5-2-1-3-6-13/h1-3,5-6,12H,4,7-11H2,(H,17,19). The zero-order valence-corrected chi connectivity index (χ0v) is 12.9. The van der Waals surface area contributed by atoms with E-state index in [1.165, 1.54) is 0 Å². The first-order valence-electron chi connectivity index (χ1n) is 6.89. The Morgan fingerprint density at radius 2 is 2.10 bits per heavy atom. The fraction of sp³-hybridized carbons (Fsp3) is 0.467. The van der Waals surface area contributed by atoms with Gasteiger partial charge < -0.3 is 10.2 Å². The second-order valence-electron chi connectivity index (χ2n) is 5.01. The molecule has 2 rings (SSSR count). The monoisotopic (exact) mass is 338 g/mol. The zero-order valence-electron chi connectivity index (χ0n) is 11.3. The van der Waals surface area contributed by atoms with Crippen molar-refractivity contribution in [3.8, 4) is 0 Å². The highest BCUT2D eigenvalue weighted by Crippen LogP contribution is 2.24. The Balaban J connectivity index is 1.82. The molecule has 2 amide bonds. The van der Waals surface area contributed by atoms with E-state index in [4.69, 9.17) is 0 Å². The molecule has 4 nitrogen and oxygen atoms in total. The maximum absolute atomic E-state index is 12.0. The van der Waals surface area contributed by atoms with Crippen LogP contribution in [0.5, 0.6) is 0 Å². The van der Waals surface area contributed by atoms with E-state index in [-0.39, 0.29) is 17.7 Å². The number of para-hydroxylation sites is 1. The van der Waals surface area contributed by atoms with E-state index in [0.29, 0.717) is 25.9 Å². The molecule has 0 aromatic heterocycles. The summed E-state index contributed by atoms with van der Waals surface area (Å²) in [6, 6.07) is 9.67. The number of nitrogens with one attached hydrogen (secondary N) is 1. The van der Waals surface area contributed by atoms with Gasteiger partial charge in [-0.2, -0.15) is 0 Å². The van der Waals surface area contributed by atoms with Gasteiger partial charge >= 0.3 is 0 Å². The van der Waals surface area contributed by atoms with Gasteiger partial charge in [0, 0.05) is 42.9 Å². The Labute approximate surface area is 127 Å². The maximum Gasteiger partial charge on any atom is 0.227 e. The minimum Gasteiger partial charge on any atom is -0.356 e. The Bertz CT molecular complexity index is 464. The van der Waals surface area contributed by atoms with Crippen LogP contribution in [0.1, 0.15) is 19.3 Å². The molecule has 0 radical (unpaired) electrons. The van der Waals surface area contributed by atoms with Gasteiger partial charge in [0.05, 0.1) is 0 Å². The number of carbonyl (C=O) groups excluding carboxylic acids is 2. The molecule has 1 unspecified atom stereocenters. The predicted molar refractivity (Wildman–Crippen MR) is 82.9 cm³/mol. The number of alkyl halides is 1. The summed E-state index contributed by atoms with van der Waals surface area (Å²) < 4.78 is 0. The van der Waals surface area contributed by atoms with E-state index in [0.717, 1.165) is 17.4 Å². The number of benzene rings is 1. The van der Waals surface area contributed by atoms with Crippen LogP contribution in [0.25, 0.3) is 0 Å². The van der Waals surface area contributed by atoms with E-state index in [2.05, 4.69) is 21.2 Å². The van der Waals surface area contributed by atoms with Gasteiger partial charge in [0.25, 0.3) is 0 Å². The van der Waals surface area contributed by atoms with Crippen LogP contribution < -0.4 is 10.2 Å². The molecule has 1 heterocycles. The lowest BCUT2D eigenvalue weighted by molar-refractivity contribution is -0.121. The number of anilines is 1. The molecule has 1 atom stereocenters. The second kappa shape index (κ2) is 7.43. The molecule has 1 aromatic carbocycles. The number of halogens is 1. The van der Waals surface area contributed by atoms with E-state index >= 15 is 0 Å². The topological polar surface area (TPSA) is 49.4 Å². The molecule has 0 saturated carbocycles. The lowest BCUT2D eigenvalue weighted by atomic mass is 10.1. The molecule has 1 aromatic rings. The molecule has 1 fully saturated rings. The lowest BCUT2D eigenvalue weighted by Gasteiger charge is -2.16. The smallest absolute Gasteiger partial charge is 0.227 e. The highest BCUT2D eigenvalue weighted by molar-refractivity contribution is 9.09. The third-order valence-corrected chi connectivity index (χ3v) is 3.96. The van der Waals surface area contributed by atoms with Gasteiger partial charge in [-0.05, 0) is 18.6 Å². The van der Waals surface area contributed by atoms with Crippen molar-refractivity contribution in [2.75, 3.05) is 23.3 Å². The number of hydrogen-bond donors (Lipinski definition) is 1. The number of hydrogen-bond acceptors (Lipinski definition) is 2. The highest BCUT2D eigenvalue weighted by atomic mass is 79.9. The quantitative estimate of drug-likeness (QED) is 0.809. The van der Waals surface area contributed by atoms with Crippen LogP contribution in [0.4, 0.5) is 5.69 Å². The van der Waals surface area contributed by atoms with Gasteiger partial charge in [-0.3, -0.25) is 9.59 Å². The van der Waals surface area contributed by atoms with Crippen molar-refractivity contribution >= 4 is 33.4 Å². The summed E-state index contributed by atoms with van der Waals surface area (Å²) in [6.07, 6.45) is 1.88. The minimum atomic E-state index is 0.0649. The Morgan fingerprint density at radius 3 is 2.80 bits per heavy atom. The summed E-state index contributed by atoms with van der Waals surface area (Å²) >= 11 is 3.31. The molecule has 5 heteroatoms. The van der Waals surface area contributed by atoms with Gasteiger partial charge in [-0.15, -0.1) is 0 Å². The molecule has 0 aliphatic carbocycles. The molecule has 1 N–H and O–H groups in total. The Hall–Kier alpha value is -1.36. The van der Waals surface area contributed by atoms with Gasteiger partial charge in [0.15, 0.2) is 0 Å². The first-order valence-corrected chi connectivity index (χ1v) is 8.01. The fourth-order valence-corrected chi connectivity index (χ4v) is 2.63. The molecule has 20 heavy (non-hydrogen) atoms. The highest BCUT2D eigenvalue weighted by Gasteiger charge is 2.30. The molecule has 1 aliphatic heterocycles. The van der Waals surface area contributed by atoms with E-state index in [1.807, 2.05) is 30.3 Å². The predicted octanol–water partition coefficient (Wildman–Crippen LogP) is 2.33. The molecule has 1 saturated heterocycles. The van der Waals surface area contributed by atoms with Crippen molar-refractivity contribution < 1.29 is 9.59 Å². The molecule has 0 spiro atoms. The Morgan fingerprint density at radius 1 is 1.35 bits per heavy atom. The number of nitrogens with zero attached hydrogens (tertiary/aromatic N) is 1. The largest absolute Gasteiger partial charge is 0.356 e. The zero-order chi connectivity index (χ0) is 14.4. The van der Waals surface area contributed by atoms with Crippen molar-refractivity contribution in [2.45, 2.75) is 19.3 Å². The van der Waals surface area contributed by atoms with Gasteiger partial charge in [0.2, 0.25) is 11.8 Å². The van der Waals surface area contributed by atoms with Crippen LogP contribution in [0, 0.1) is 5.92 Å². The summed E-state index contributed by atoms with van der Waals surface area (Å²) in [5.41, 5.74) is 0.936. The molecule has 0 bridgehead atoms. The summed E-state index contributed by atoms with van der Waals surface area (Å²) in [7, 11) is 0. The number of amides is 2. The van der Waals surface area contributed by atoms with Crippen LogP contribution in [0.15, 0.2) is 30.3 Å². The first-order chi connectivity index (χ1) is 9.70. The summed E-state index contributed by atoms with van der Waals surface area (Å²) in [4.78, 5) is 25.4. The number of rotatable bonds is 6. The fourth-order valence-electron chi connectivity index (χ4n) is 2.35. The molecular formula is C15H19BrN2O2. The third-order valence-electron chi connectivity index (χ3n) is 3.40. The van der Waals surface area contributed by atoms with Gasteiger partial charge in [-0.1, -0.05) is 34.1 Å². The molecule has 108 valence electrons. The summed E-state index contributed by atoms with van der Waals surface area (Å²) in [6.45, 7) is 1.26. The van der Waals surface area contributed by atoms with E-state index in [9.17, 15) is 9.59 Å². The van der Waals surface area contributed by atoms with Crippen LogP contribution >= 0.6 is 15.9 Å². The van der Waals surface area contributed by atoms with Crippen molar-refractivity contribution in [3.05, 3.63) is 30.3 Å². The van der Waals surface area contributed by atoms with Gasteiger partial charge in [0.1, 0.15) is 0 Å². The Kier molecular flexibility index (Phi) is 5.59. The summed E-state index contributed by atoms with van der Waals surface area (Å²) in [5.74, 6) is 0.404. The lowest BCUT2D eigenvalue weighted by Crippen LogP contribution is -2.31. The van der Waals surface area contributed by atoms with Crippen molar-refractivity contribution in [1.82, 2.24) is 5.32 Å². The minimum absolute atomic E-state index is 0.0649. The number of carbonyl (C=O) groups is 2. The van der Waals surface area contributed by atoms with Crippen LogP contribution in [-0.2, 0) is 9.59 Å². The first kappa shape index (κ1) is 15.0. The van der Waals surface area contributed by atoms with E-state index in [1.54, 1.807) is 4.90 Å². The van der Waals surface area contributed by atoms with Crippen molar-refractivity contribution in [3.63, 3.8) is 0 Å². The molecule has 1 aliphatic rings. The van der Waals surface area contributed by atoms with Crippen LogP contribution in [0.2, 0.25) is 0 Å². The average Bonchev–Trinajstić information content (AvgIpc) is 2.85. The maximum atomic E-state index is 12.0. The van der Waals surface area contributed by atoms with Crippen LogP contribution in [-0.4, -0.2) is 30.2 Å². The van der Waals surface area contributed by atoms with Crippen LogP contribution in [0.3, 0.4) is 0 Å². The molecular weight excluding hydrogens is 320 g/mol. The van der Waals surface area contributed by atoms with E-state index < -0.39 is 0 Å². The van der Waals surface area contributed by atoms with Gasteiger partial charge in [-0.25, -0.2) is 0 Å².